The normalized spacial score (nSPS) is 28.4. The molecular formula is C17H33NO. The lowest BCUT2D eigenvalue weighted by molar-refractivity contribution is -0.0930. The summed E-state index contributed by atoms with van der Waals surface area (Å²) in [5.74, 6) is 1.00. The molecule has 1 aliphatic carbocycles. The molecule has 1 saturated carbocycles. The summed E-state index contributed by atoms with van der Waals surface area (Å²) in [4.78, 5) is 0. The number of rotatable bonds is 6. The number of nitrogens with one attached hydrogen (secondary N) is 1. The predicted octanol–water partition coefficient (Wildman–Crippen LogP) is 4.28. The van der Waals surface area contributed by atoms with Gasteiger partial charge in [0.15, 0.2) is 0 Å². The number of hydrogen-bond acceptors (Lipinski definition) is 2. The van der Waals surface area contributed by atoms with Crippen molar-refractivity contribution in [2.24, 2.45) is 5.92 Å². The van der Waals surface area contributed by atoms with Crippen molar-refractivity contribution in [2.75, 3.05) is 13.2 Å². The molecule has 0 aromatic carbocycles. The molecule has 2 fully saturated rings. The Morgan fingerprint density at radius 3 is 2.47 bits per heavy atom. The summed E-state index contributed by atoms with van der Waals surface area (Å²) in [5.41, 5.74) is 0.167. The van der Waals surface area contributed by atoms with E-state index in [2.05, 4.69) is 19.2 Å². The van der Waals surface area contributed by atoms with Gasteiger partial charge in [0, 0.05) is 12.6 Å². The van der Waals surface area contributed by atoms with Crippen LogP contribution in [0.5, 0.6) is 0 Å². The van der Waals surface area contributed by atoms with E-state index in [0.717, 1.165) is 25.4 Å². The Balaban J connectivity index is 1.67. The second-order valence-electron chi connectivity index (χ2n) is 6.68. The summed E-state index contributed by atoms with van der Waals surface area (Å²) in [6.07, 6.45) is 13.5. The van der Waals surface area contributed by atoms with Crippen LogP contribution in [0.15, 0.2) is 0 Å². The zero-order valence-corrected chi connectivity index (χ0v) is 13.0. The van der Waals surface area contributed by atoms with Crippen LogP contribution in [0.3, 0.4) is 0 Å². The first-order chi connectivity index (χ1) is 9.28. The van der Waals surface area contributed by atoms with Gasteiger partial charge < -0.3 is 10.1 Å². The molecule has 0 spiro atoms. The van der Waals surface area contributed by atoms with Gasteiger partial charge >= 0.3 is 0 Å². The predicted molar refractivity (Wildman–Crippen MR) is 81.5 cm³/mol. The largest absolute Gasteiger partial charge is 0.375 e. The molecule has 0 amide bonds. The smallest absolute Gasteiger partial charge is 0.0692 e. The fourth-order valence-corrected chi connectivity index (χ4v) is 3.91. The molecule has 0 radical (unpaired) electrons. The molecule has 0 aromatic rings. The van der Waals surface area contributed by atoms with Crippen molar-refractivity contribution < 1.29 is 4.74 Å². The summed E-state index contributed by atoms with van der Waals surface area (Å²) < 4.78 is 6.05. The Bertz CT molecular complexity index is 244. The third-order valence-electron chi connectivity index (χ3n) is 5.49. The van der Waals surface area contributed by atoms with E-state index < -0.39 is 0 Å². The maximum atomic E-state index is 6.05. The Hall–Kier alpha value is -0.0800. The van der Waals surface area contributed by atoms with Crippen molar-refractivity contribution in [3.05, 3.63) is 0 Å². The molecule has 19 heavy (non-hydrogen) atoms. The van der Waals surface area contributed by atoms with Gasteiger partial charge in [-0.3, -0.25) is 0 Å². The summed E-state index contributed by atoms with van der Waals surface area (Å²) >= 11 is 0. The van der Waals surface area contributed by atoms with Crippen LogP contribution in [-0.2, 0) is 4.74 Å². The van der Waals surface area contributed by atoms with Crippen molar-refractivity contribution >= 4 is 0 Å². The molecule has 1 atom stereocenters. The van der Waals surface area contributed by atoms with E-state index in [4.69, 9.17) is 4.74 Å². The summed E-state index contributed by atoms with van der Waals surface area (Å²) in [7, 11) is 0. The monoisotopic (exact) mass is 267 g/mol. The fourth-order valence-electron chi connectivity index (χ4n) is 3.91. The lowest BCUT2D eigenvalue weighted by Gasteiger charge is -2.40. The lowest BCUT2D eigenvalue weighted by Crippen LogP contribution is -2.46. The minimum absolute atomic E-state index is 0.167. The van der Waals surface area contributed by atoms with E-state index in [1.165, 1.54) is 57.9 Å². The van der Waals surface area contributed by atoms with E-state index >= 15 is 0 Å². The molecule has 2 heteroatoms. The first-order valence-corrected chi connectivity index (χ1v) is 8.65. The van der Waals surface area contributed by atoms with Gasteiger partial charge in [0.2, 0.25) is 0 Å². The van der Waals surface area contributed by atoms with Gasteiger partial charge in [0.1, 0.15) is 0 Å². The van der Waals surface area contributed by atoms with Crippen LogP contribution < -0.4 is 5.32 Å². The van der Waals surface area contributed by atoms with E-state index in [0.29, 0.717) is 6.04 Å². The van der Waals surface area contributed by atoms with Crippen LogP contribution in [-0.4, -0.2) is 24.8 Å². The van der Waals surface area contributed by atoms with Gasteiger partial charge in [-0.1, -0.05) is 46.0 Å². The minimum Gasteiger partial charge on any atom is -0.375 e. The van der Waals surface area contributed by atoms with Gasteiger partial charge in [-0.2, -0.15) is 0 Å². The molecular weight excluding hydrogens is 234 g/mol. The third kappa shape index (κ3) is 4.46. The molecule has 1 unspecified atom stereocenters. The minimum atomic E-state index is 0.167. The summed E-state index contributed by atoms with van der Waals surface area (Å²) in [6.45, 7) is 6.71. The maximum absolute atomic E-state index is 6.05. The van der Waals surface area contributed by atoms with Crippen LogP contribution in [0.2, 0.25) is 0 Å². The highest BCUT2D eigenvalue weighted by molar-refractivity contribution is 4.88. The molecule has 2 rings (SSSR count). The van der Waals surface area contributed by atoms with E-state index in [1.807, 2.05) is 0 Å². The fraction of sp³-hybridized carbons (Fsp3) is 1.00. The highest BCUT2D eigenvalue weighted by atomic mass is 16.5. The Labute approximate surface area is 119 Å². The Kier molecular flexibility index (Phi) is 6.15. The van der Waals surface area contributed by atoms with Crippen molar-refractivity contribution in [2.45, 2.75) is 89.7 Å². The number of hydrogen-bond donors (Lipinski definition) is 1. The highest BCUT2D eigenvalue weighted by Crippen LogP contribution is 2.31. The summed E-state index contributed by atoms with van der Waals surface area (Å²) in [6, 6.07) is 0.692. The van der Waals surface area contributed by atoms with Gasteiger partial charge in [0.05, 0.1) is 5.60 Å². The van der Waals surface area contributed by atoms with E-state index in [1.54, 1.807) is 0 Å². The molecule has 1 N–H and O–H groups in total. The van der Waals surface area contributed by atoms with Gasteiger partial charge in [-0.15, -0.1) is 0 Å². The zero-order chi connectivity index (χ0) is 13.6. The molecule has 1 heterocycles. The van der Waals surface area contributed by atoms with Crippen LogP contribution in [0.25, 0.3) is 0 Å². The van der Waals surface area contributed by atoms with Crippen molar-refractivity contribution in [1.29, 1.82) is 0 Å². The molecule has 1 aliphatic heterocycles. The molecule has 0 aromatic heterocycles. The lowest BCUT2D eigenvalue weighted by atomic mass is 9.85. The van der Waals surface area contributed by atoms with Crippen molar-refractivity contribution in [3.63, 3.8) is 0 Å². The molecule has 0 bridgehead atoms. The highest BCUT2D eigenvalue weighted by Gasteiger charge is 2.34. The van der Waals surface area contributed by atoms with Crippen LogP contribution in [0, 0.1) is 5.92 Å². The van der Waals surface area contributed by atoms with E-state index in [9.17, 15) is 0 Å². The topological polar surface area (TPSA) is 21.3 Å². The van der Waals surface area contributed by atoms with Crippen molar-refractivity contribution in [3.8, 4) is 0 Å². The van der Waals surface area contributed by atoms with Crippen LogP contribution >= 0.6 is 0 Å². The quantitative estimate of drug-likeness (QED) is 0.775. The second-order valence-corrected chi connectivity index (χ2v) is 6.68. The maximum Gasteiger partial charge on any atom is 0.0692 e. The summed E-state index contributed by atoms with van der Waals surface area (Å²) in [5, 5.41) is 3.81. The molecule has 1 saturated heterocycles. The SMILES string of the molecule is CCC1(CC)CC(NCCC2CCCCC2)CCO1. The van der Waals surface area contributed by atoms with E-state index in [-0.39, 0.29) is 5.60 Å². The average molecular weight is 267 g/mol. The van der Waals surface area contributed by atoms with Gasteiger partial charge in [0.25, 0.3) is 0 Å². The second kappa shape index (κ2) is 7.64. The molecule has 112 valence electrons. The Morgan fingerprint density at radius 1 is 1.05 bits per heavy atom. The molecule has 2 nitrogen and oxygen atoms in total. The van der Waals surface area contributed by atoms with Crippen LogP contribution in [0.1, 0.15) is 78.1 Å². The van der Waals surface area contributed by atoms with Gasteiger partial charge in [-0.05, 0) is 44.6 Å². The first kappa shape index (κ1) is 15.3. The standard InChI is InChI=1S/C17H33NO/c1-3-17(4-2)14-16(11-13-19-17)18-12-10-15-8-6-5-7-9-15/h15-16,18H,3-14H2,1-2H3. The van der Waals surface area contributed by atoms with Crippen molar-refractivity contribution in [1.82, 2.24) is 5.32 Å². The zero-order valence-electron chi connectivity index (χ0n) is 13.0. The molecule has 2 aliphatic rings. The average Bonchev–Trinajstić information content (AvgIpc) is 2.48. The van der Waals surface area contributed by atoms with Gasteiger partial charge in [-0.25, -0.2) is 0 Å². The first-order valence-electron chi connectivity index (χ1n) is 8.65. The Morgan fingerprint density at radius 2 is 1.79 bits per heavy atom. The number of ether oxygens (including phenoxy) is 1. The third-order valence-corrected chi connectivity index (χ3v) is 5.49. The van der Waals surface area contributed by atoms with Crippen LogP contribution in [0.4, 0.5) is 0 Å².